The molecule has 0 unspecified atom stereocenters. The first-order valence-electron chi connectivity index (χ1n) is 2.48. The molecule has 1 rings (SSSR count). The van der Waals surface area contributed by atoms with Gasteiger partial charge in [0.05, 0.1) is 0 Å². The topological polar surface area (TPSA) is 20.2 Å². The quantitative estimate of drug-likeness (QED) is 0.559. The highest BCUT2D eigenvalue weighted by Gasteiger charge is 2.04. The molecule has 10 heavy (non-hydrogen) atoms. The maximum atomic E-state index is 12.4. The molecule has 0 aliphatic carbocycles. The van der Waals surface area contributed by atoms with Crippen molar-refractivity contribution in [2.45, 2.75) is 4.90 Å². The molecule has 0 heterocycles. The minimum Gasteiger partial charge on any atom is -0.505 e. The Hall–Kier alpha value is -0.770. The van der Waals surface area contributed by atoms with Crippen LogP contribution in [0.1, 0.15) is 0 Å². The Balaban J connectivity index is 3.28. The Morgan fingerprint density at radius 3 is 2.30 bits per heavy atom. The van der Waals surface area contributed by atoms with Crippen LogP contribution in [0.15, 0.2) is 17.0 Å². The van der Waals surface area contributed by atoms with Gasteiger partial charge in [0.1, 0.15) is 5.82 Å². The largest absolute Gasteiger partial charge is 0.505 e. The highest BCUT2D eigenvalue weighted by atomic mass is 32.1. The van der Waals surface area contributed by atoms with Crippen LogP contribution in [-0.4, -0.2) is 5.11 Å². The summed E-state index contributed by atoms with van der Waals surface area (Å²) in [4.78, 5) is -0.115. The van der Waals surface area contributed by atoms with Crippen molar-refractivity contribution in [2.24, 2.45) is 0 Å². The van der Waals surface area contributed by atoms with Crippen LogP contribution in [0.5, 0.6) is 5.75 Å². The van der Waals surface area contributed by atoms with E-state index in [0.29, 0.717) is 6.07 Å². The molecule has 0 aliphatic heterocycles. The van der Waals surface area contributed by atoms with Crippen molar-refractivity contribution in [2.75, 3.05) is 0 Å². The molecule has 1 N–H and O–H groups in total. The summed E-state index contributed by atoms with van der Waals surface area (Å²) in [5, 5.41) is 8.58. The van der Waals surface area contributed by atoms with Crippen LogP contribution in [0, 0.1) is 11.6 Å². The van der Waals surface area contributed by atoms with Gasteiger partial charge in [-0.1, -0.05) is 0 Å². The Morgan fingerprint density at radius 1 is 1.20 bits per heavy atom. The zero-order valence-corrected chi connectivity index (χ0v) is 5.70. The molecule has 0 aromatic heterocycles. The average molecular weight is 162 g/mol. The molecule has 0 spiro atoms. The first-order valence-corrected chi connectivity index (χ1v) is 2.93. The van der Waals surface area contributed by atoms with Gasteiger partial charge in [0.15, 0.2) is 11.6 Å². The van der Waals surface area contributed by atoms with Gasteiger partial charge < -0.3 is 5.11 Å². The monoisotopic (exact) mass is 162 g/mol. The predicted octanol–water partition coefficient (Wildman–Crippen LogP) is 1.96. The Kier molecular flexibility index (Phi) is 1.80. The van der Waals surface area contributed by atoms with Crippen LogP contribution < -0.4 is 0 Å². The van der Waals surface area contributed by atoms with E-state index in [4.69, 9.17) is 5.11 Å². The molecule has 0 aliphatic rings. The van der Waals surface area contributed by atoms with E-state index >= 15 is 0 Å². The van der Waals surface area contributed by atoms with E-state index in [1.54, 1.807) is 0 Å². The van der Waals surface area contributed by atoms with Crippen LogP contribution in [-0.2, 0) is 0 Å². The molecule has 54 valence electrons. The third kappa shape index (κ3) is 1.21. The Morgan fingerprint density at radius 2 is 1.80 bits per heavy atom. The number of rotatable bonds is 0. The van der Waals surface area contributed by atoms with E-state index in [0.717, 1.165) is 6.07 Å². The van der Waals surface area contributed by atoms with Crippen molar-refractivity contribution >= 4 is 12.6 Å². The van der Waals surface area contributed by atoms with Gasteiger partial charge in [-0.05, 0) is 6.07 Å². The molecule has 4 heteroatoms. The van der Waals surface area contributed by atoms with E-state index in [1.807, 2.05) is 0 Å². The summed E-state index contributed by atoms with van der Waals surface area (Å²) in [5.41, 5.74) is 0. The van der Waals surface area contributed by atoms with Crippen LogP contribution >= 0.6 is 12.6 Å². The minimum atomic E-state index is -0.869. The molecule has 0 saturated heterocycles. The fraction of sp³-hybridized carbons (Fsp3) is 0. The van der Waals surface area contributed by atoms with E-state index in [9.17, 15) is 8.78 Å². The zero-order valence-electron chi connectivity index (χ0n) is 4.81. The van der Waals surface area contributed by atoms with Gasteiger partial charge in [-0.25, -0.2) is 8.78 Å². The Bertz CT molecular complexity index is 212. The Labute approximate surface area is 61.7 Å². The highest BCUT2D eigenvalue weighted by Crippen LogP contribution is 2.21. The number of hydrogen-bond donors (Lipinski definition) is 2. The number of benzene rings is 1. The standard InChI is InChI=1S/C6H4F2OS/c7-3-2-6(10)4(8)1-5(3)9/h1-2,9-10H. The fourth-order valence-corrected chi connectivity index (χ4v) is 0.704. The van der Waals surface area contributed by atoms with Crippen LogP contribution in [0.3, 0.4) is 0 Å². The van der Waals surface area contributed by atoms with Gasteiger partial charge in [0.2, 0.25) is 0 Å². The second-order valence-corrected chi connectivity index (χ2v) is 2.24. The van der Waals surface area contributed by atoms with Crippen molar-refractivity contribution in [1.29, 1.82) is 0 Å². The SMILES string of the molecule is Oc1cc(F)c(S)cc1F. The summed E-state index contributed by atoms with van der Waals surface area (Å²) >= 11 is 3.59. The van der Waals surface area contributed by atoms with Gasteiger partial charge in [0, 0.05) is 11.0 Å². The van der Waals surface area contributed by atoms with Gasteiger partial charge in [-0.3, -0.25) is 0 Å². The molecule has 1 nitrogen and oxygen atoms in total. The lowest BCUT2D eigenvalue weighted by Crippen LogP contribution is -1.81. The molecular formula is C6H4F2OS. The molecule has 0 radical (unpaired) electrons. The number of hydrogen-bond acceptors (Lipinski definition) is 2. The number of thiol groups is 1. The fourth-order valence-electron chi connectivity index (χ4n) is 0.526. The third-order valence-corrected chi connectivity index (χ3v) is 1.36. The van der Waals surface area contributed by atoms with E-state index in [2.05, 4.69) is 12.6 Å². The van der Waals surface area contributed by atoms with Gasteiger partial charge in [-0.15, -0.1) is 12.6 Å². The lowest BCUT2D eigenvalue weighted by atomic mass is 10.3. The second-order valence-electron chi connectivity index (χ2n) is 1.76. The van der Waals surface area contributed by atoms with E-state index < -0.39 is 17.4 Å². The summed E-state index contributed by atoms with van der Waals surface area (Å²) < 4.78 is 24.7. The lowest BCUT2D eigenvalue weighted by molar-refractivity contribution is 0.423. The first kappa shape index (κ1) is 7.34. The normalized spacial score (nSPS) is 9.90. The van der Waals surface area contributed by atoms with Gasteiger partial charge in [0.25, 0.3) is 0 Å². The third-order valence-electron chi connectivity index (χ3n) is 1.02. The molecule has 0 bridgehead atoms. The maximum absolute atomic E-state index is 12.4. The smallest absolute Gasteiger partial charge is 0.166 e. The van der Waals surface area contributed by atoms with Crippen molar-refractivity contribution in [3.63, 3.8) is 0 Å². The number of halogens is 2. The summed E-state index contributed by atoms with van der Waals surface area (Å²) in [6.45, 7) is 0. The van der Waals surface area contributed by atoms with E-state index in [-0.39, 0.29) is 4.90 Å². The van der Waals surface area contributed by atoms with Crippen LogP contribution in [0.25, 0.3) is 0 Å². The summed E-state index contributed by atoms with van der Waals surface area (Å²) in [7, 11) is 0. The molecule has 1 aromatic carbocycles. The van der Waals surface area contributed by atoms with Gasteiger partial charge >= 0.3 is 0 Å². The van der Waals surface area contributed by atoms with Crippen LogP contribution in [0.4, 0.5) is 8.78 Å². The minimum absolute atomic E-state index is 0.115. The molecule has 0 amide bonds. The van der Waals surface area contributed by atoms with E-state index in [1.165, 1.54) is 0 Å². The molecule has 1 aromatic rings. The average Bonchev–Trinajstić information content (AvgIpc) is 1.84. The van der Waals surface area contributed by atoms with Crippen molar-refractivity contribution < 1.29 is 13.9 Å². The summed E-state index contributed by atoms with van der Waals surface area (Å²) in [6.07, 6.45) is 0. The van der Waals surface area contributed by atoms with Crippen LogP contribution in [0.2, 0.25) is 0 Å². The summed E-state index contributed by atoms with van der Waals surface area (Å²) in [6, 6.07) is 1.49. The number of phenolic OH excluding ortho intramolecular Hbond substituents is 1. The molecular weight excluding hydrogens is 158 g/mol. The predicted molar refractivity (Wildman–Crippen MR) is 35.3 cm³/mol. The number of aromatic hydroxyl groups is 1. The summed E-state index contributed by atoms with van der Waals surface area (Å²) in [5.74, 6) is -2.30. The zero-order chi connectivity index (χ0) is 7.72. The molecule has 0 fully saturated rings. The highest BCUT2D eigenvalue weighted by molar-refractivity contribution is 7.80. The van der Waals surface area contributed by atoms with Crippen molar-refractivity contribution in [1.82, 2.24) is 0 Å². The molecule has 0 atom stereocenters. The van der Waals surface area contributed by atoms with Gasteiger partial charge in [-0.2, -0.15) is 0 Å². The number of phenols is 1. The molecule has 0 saturated carbocycles. The second kappa shape index (κ2) is 2.46. The lowest BCUT2D eigenvalue weighted by Gasteiger charge is -1.96. The maximum Gasteiger partial charge on any atom is 0.166 e. The van der Waals surface area contributed by atoms with Crippen molar-refractivity contribution in [3.05, 3.63) is 23.8 Å². The first-order chi connectivity index (χ1) is 4.61. The van der Waals surface area contributed by atoms with Crippen molar-refractivity contribution in [3.8, 4) is 5.75 Å².